The Labute approximate surface area is 176 Å². The van der Waals surface area contributed by atoms with Crippen molar-refractivity contribution in [2.75, 3.05) is 27.2 Å². The third-order valence-electron chi connectivity index (χ3n) is 5.27. The number of hydrogen-bond donors (Lipinski definition) is 0. The lowest BCUT2D eigenvalue weighted by atomic mass is 9.92. The molecule has 0 bridgehead atoms. The summed E-state index contributed by atoms with van der Waals surface area (Å²) >= 11 is 0. The average molecular weight is 413 g/mol. The van der Waals surface area contributed by atoms with E-state index in [0.717, 1.165) is 18.5 Å². The number of piperidine rings is 1. The fraction of sp³-hybridized carbons (Fsp3) is 0.435. The number of rotatable bonds is 5. The largest absolute Gasteiger partial charge is 0.478 e. The molecule has 0 radical (unpaired) electrons. The van der Waals surface area contributed by atoms with Crippen LogP contribution in [0.1, 0.15) is 48.7 Å². The van der Waals surface area contributed by atoms with E-state index in [1.165, 1.54) is 29.2 Å². The molecule has 6 nitrogen and oxygen atoms in total. The van der Waals surface area contributed by atoms with Crippen molar-refractivity contribution in [2.24, 2.45) is 0 Å². The van der Waals surface area contributed by atoms with Gasteiger partial charge in [0.2, 0.25) is 0 Å². The normalized spacial score (nSPS) is 16.8. The fourth-order valence-electron chi connectivity index (χ4n) is 3.66. The molecule has 1 fully saturated rings. The van der Waals surface area contributed by atoms with Crippen LogP contribution in [-0.2, 0) is 4.79 Å². The summed E-state index contributed by atoms with van der Waals surface area (Å²) < 4.78 is 19.0. The molecule has 2 aromatic rings. The number of amides is 2. The highest BCUT2D eigenvalue weighted by molar-refractivity contribution is 5.93. The van der Waals surface area contributed by atoms with Gasteiger partial charge in [0.05, 0.1) is 5.56 Å². The number of nitrogens with zero attached hydrogens (tertiary/aromatic N) is 3. The number of benzene rings is 1. The van der Waals surface area contributed by atoms with Crippen LogP contribution in [0.5, 0.6) is 5.75 Å². The first-order valence-corrected chi connectivity index (χ1v) is 10.1. The van der Waals surface area contributed by atoms with Crippen molar-refractivity contribution < 1.29 is 18.7 Å². The molecule has 1 saturated heterocycles. The van der Waals surface area contributed by atoms with Crippen LogP contribution in [0.3, 0.4) is 0 Å². The number of ether oxygens (including phenoxy) is 1. The number of likely N-dealkylation sites (tertiary alicyclic amines) is 1. The van der Waals surface area contributed by atoms with Crippen LogP contribution >= 0.6 is 0 Å². The summed E-state index contributed by atoms with van der Waals surface area (Å²) in [6.07, 6.45) is 3.39. The number of hydrogen-bond acceptors (Lipinski definition) is 4. The number of carbonyl (C=O) groups is 2. The first-order valence-electron chi connectivity index (χ1n) is 10.1. The van der Waals surface area contributed by atoms with Crippen molar-refractivity contribution >= 4 is 11.8 Å². The Bertz CT molecular complexity index is 895. The van der Waals surface area contributed by atoms with Gasteiger partial charge in [-0.1, -0.05) is 0 Å². The van der Waals surface area contributed by atoms with Gasteiger partial charge in [-0.15, -0.1) is 0 Å². The molecular weight excluding hydrogens is 385 g/mol. The van der Waals surface area contributed by atoms with Crippen LogP contribution in [0.4, 0.5) is 4.39 Å². The maximum absolute atomic E-state index is 13.1. The molecule has 2 heterocycles. The number of pyridine rings is 1. The van der Waals surface area contributed by atoms with Gasteiger partial charge in [-0.05, 0) is 63.1 Å². The monoisotopic (exact) mass is 413 g/mol. The van der Waals surface area contributed by atoms with E-state index in [-0.39, 0.29) is 23.5 Å². The lowest BCUT2D eigenvalue weighted by molar-refractivity contribution is -0.146. The molecule has 30 heavy (non-hydrogen) atoms. The van der Waals surface area contributed by atoms with Crippen LogP contribution in [-0.4, -0.2) is 59.4 Å². The van der Waals surface area contributed by atoms with Gasteiger partial charge in [-0.3, -0.25) is 14.6 Å². The number of aromatic nitrogens is 1. The smallest absolute Gasteiger partial charge is 0.266 e. The zero-order valence-electron chi connectivity index (χ0n) is 17.9. The Morgan fingerprint density at radius 3 is 2.47 bits per heavy atom. The van der Waals surface area contributed by atoms with Crippen molar-refractivity contribution in [1.82, 2.24) is 14.8 Å². The highest BCUT2D eigenvalue weighted by atomic mass is 19.1. The van der Waals surface area contributed by atoms with Crippen LogP contribution in [0.25, 0.3) is 0 Å². The van der Waals surface area contributed by atoms with Crippen LogP contribution in [0.15, 0.2) is 42.6 Å². The fourth-order valence-corrected chi connectivity index (χ4v) is 3.66. The Morgan fingerprint density at radius 2 is 1.87 bits per heavy atom. The maximum Gasteiger partial charge on any atom is 0.266 e. The Morgan fingerprint density at radius 1 is 1.17 bits per heavy atom. The predicted octanol–water partition coefficient (Wildman–Crippen LogP) is 3.49. The van der Waals surface area contributed by atoms with Crippen molar-refractivity contribution in [3.8, 4) is 5.75 Å². The summed E-state index contributed by atoms with van der Waals surface area (Å²) in [7, 11) is 3.41. The summed E-state index contributed by atoms with van der Waals surface area (Å²) in [4.78, 5) is 33.0. The van der Waals surface area contributed by atoms with Crippen LogP contribution < -0.4 is 4.74 Å². The van der Waals surface area contributed by atoms with Gasteiger partial charge in [0.15, 0.2) is 5.60 Å². The van der Waals surface area contributed by atoms with Crippen molar-refractivity contribution in [1.29, 1.82) is 0 Å². The second-order valence-corrected chi connectivity index (χ2v) is 8.33. The Balaban J connectivity index is 1.68. The zero-order chi connectivity index (χ0) is 21.9. The molecule has 7 heteroatoms. The van der Waals surface area contributed by atoms with Crippen LogP contribution in [0.2, 0.25) is 0 Å². The minimum Gasteiger partial charge on any atom is -0.478 e. The van der Waals surface area contributed by atoms with E-state index >= 15 is 0 Å². The van der Waals surface area contributed by atoms with Gasteiger partial charge in [-0.2, -0.15) is 0 Å². The zero-order valence-corrected chi connectivity index (χ0v) is 17.9. The second kappa shape index (κ2) is 8.81. The van der Waals surface area contributed by atoms with Gasteiger partial charge in [-0.25, -0.2) is 4.39 Å². The van der Waals surface area contributed by atoms with E-state index < -0.39 is 5.60 Å². The van der Waals surface area contributed by atoms with E-state index in [2.05, 4.69) is 4.98 Å². The lowest BCUT2D eigenvalue weighted by Gasteiger charge is -2.37. The molecule has 3 rings (SSSR count). The van der Waals surface area contributed by atoms with Gasteiger partial charge in [0.1, 0.15) is 11.6 Å². The van der Waals surface area contributed by atoms with E-state index in [1.807, 2.05) is 6.07 Å². The van der Waals surface area contributed by atoms with E-state index in [9.17, 15) is 14.0 Å². The predicted molar refractivity (Wildman–Crippen MR) is 112 cm³/mol. The molecular formula is C23H28FN3O3. The maximum atomic E-state index is 13.1. The summed E-state index contributed by atoms with van der Waals surface area (Å²) in [5.74, 6) is 0.000212. The number of carbonyl (C=O) groups excluding carboxylic acids is 2. The average Bonchev–Trinajstić information content (AvgIpc) is 2.74. The third-order valence-corrected chi connectivity index (χ3v) is 5.27. The molecule has 1 aliphatic heterocycles. The molecule has 0 N–H and O–H groups in total. The van der Waals surface area contributed by atoms with E-state index in [1.54, 1.807) is 45.1 Å². The van der Waals surface area contributed by atoms with Crippen molar-refractivity contribution in [3.05, 3.63) is 59.7 Å². The number of halogens is 1. The highest BCUT2D eigenvalue weighted by Crippen LogP contribution is 2.28. The summed E-state index contributed by atoms with van der Waals surface area (Å²) in [5, 5.41) is 0. The molecule has 1 atom stereocenters. The second-order valence-electron chi connectivity index (χ2n) is 8.33. The molecule has 1 aromatic carbocycles. The minimum atomic E-state index is -1.07. The van der Waals surface area contributed by atoms with Gasteiger partial charge >= 0.3 is 0 Å². The Hall–Kier alpha value is -2.96. The first-order chi connectivity index (χ1) is 14.2. The molecule has 0 unspecified atom stereocenters. The molecule has 0 spiro atoms. The molecule has 2 amide bonds. The van der Waals surface area contributed by atoms with E-state index in [0.29, 0.717) is 24.4 Å². The minimum absolute atomic E-state index is 0.0887. The SMILES string of the molecule is CN(C)C(=O)c1ccc([C@@H]2CCCN(C(=O)C(C)(C)Oc3ccc(F)cc3)C2)nc1. The summed E-state index contributed by atoms with van der Waals surface area (Å²) in [5.41, 5.74) is 0.344. The molecule has 0 aliphatic carbocycles. The standard InChI is InChI=1S/C23H28FN3O3/c1-23(2,30-19-10-8-18(24)9-11-19)22(29)27-13-5-6-17(15-27)20-12-7-16(14-25-20)21(28)26(3)4/h7-12,14,17H,5-6,13,15H2,1-4H3/t17-/m1/s1. The van der Waals surface area contributed by atoms with Crippen molar-refractivity contribution in [3.63, 3.8) is 0 Å². The Kier molecular flexibility index (Phi) is 6.39. The van der Waals surface area contributed by atoms with Gasteiger partial charge in [0.25, 0.3) is 11.8 Å². The topological polar surface area (TPSA) is 62.7 Å². The molecule has 1 aromatic heterocycles. The summed E-state index contributed by atoms with van der Waals surface area (Å²) in [6, 6.07) is 9.31. The lowest BCUT2D eigenvalue weighted by Crippen LogP contribution is -2.51. The quantitative estimate of drug-likeness (QED) is 0.753. The molecule has 160 valence electrons. The highest BCUT2D eigenvalue weighted by Gasteiger charge is 2.37. The summed E-state index contributed by atoms with van der Waals surface area (Å²) in [6.45, 7) is 4.65. The van der Waals surface area contributed by atoms with Crippen molar-refractivity contribution in [2.45, 2.75) is 38.2 Å². The van der Waals surface area contributed by atoms with E-state index in [4.69, 9.17) is 4.74 Å². The van der Waals surface area contributed by atoms with Gasteiger partial charge in [0, 0.05) is 45.0 Å². The first kappa shape index (κ1) is 21.7. The molecule has 1 aliphatic rings. The third kappa shape index (κ3) is 4.96. The molecule has 0 saturated carbocycles. The van der Waals surface area contributed by atoms with Crippen LogP contribution in [0, 0.1) is 5.82 Å². The van der Waals surface area contributed by atoms with Gasteiger partial charge < -0.3 is 14.5 Å².